The van der Waals surface area contributed by atoms with E-state index in [1.165, 1.54) is 0 Å². The first-order valence-electron chi connectivity index (χ1n) is 10.1. The predicted octanol–water partition coefficient (Wildman–Crippen LogP) is 3.05. The van der Waals surface area contributed by atoms with Crippen LogP contribution in [0.25, 0.3) is 0 Å². The van der Waals surface area contributed by atoms with E-state index in [4.69, 9.17) is 4.74 Å². The van der Waals surface area contributed by atoms with Crippen LogP contribution in [0.15, 0.2) is 0 Å². The number of unbranched alkanes of at least 4 members (excludes halogenated alkanes) is 1. The minimum absolute atomic E-state index is 0.00773. The third-order valence-corrected chi connectivity index (χ3v) is 5.94. The lowest BCUT2D eigenvalue weighted by atomic mass is 9.76. The summed E-state index contributed by atoms with van der Waals surface area (Å²) in [6, 6.07) is 0. The van der Waals surface area contributed by atoms with Crippen molar-refractivity contribution in [3.8, 4) is 0 Å². The van der Waals surface area contributed by atoms with Crippen LogP contribution in [0.5, 0.6) is 0 Å². The zero-order valence-corrected chi connectivity index (χ0v) is 15.7. The number of carbonyl (C=O) groups is 4. The van der Waals surface area contributed by atoms with E-state index in [2.05, 4.69) is 0 Å². The third kappa shape index (κ3) is 6.04. The van der Waals surface area contributed by atoms with Crippen LogP contribution in [0.4, 0.5) is 0 Å². The van der Waals surface area contributed by atoms with Gasteiger partial charge in [-0.05, 0) is 38.5 Å². The van der Waals surface area contributed by atoms with Crippen LogP contribution in [-0.2, 0) is 23.9 Å². The Hall–Kier alpha value is -1.92. The highest BCUT2D eigenvalue weighted by molar-refractivity contribution is 5.86. The molecule has 2 aliphatic rings. The second-order valence-corrected chi connectivity index (χ2v) is 7.76. The summed E-state index contributed by atoms with van der Waals surface area (Å²) in [5.74, 6) is -4.48. The van der Waals surface area contributed by atoms with E-state index in [1.807, 2.05) is 0 Å². The molecule has 0 radical (unpaired) electrons. The molecule has 7 heteroatoms. The Morgan fingerprint density at radius 2 is 1.19 bits per heavy atom. The van der Waals surface area contributed by atoms with Gasteiger partial charge in [0.1, 0.15) is 5.78 Å². The molecule has 0 aliphatic heterocycles. The number of hydrogen-bond acceptors (Lipinski definition) is 5. The predicted molar refractivity (Wildman–Crippen MR) is 96.0 cm³/mol. The van der Waals surface area contributed by atoms with Gasteiger partial charge in [-0.3, -0.25) is 19.2 Å². The van der Waals surface area contributed by atoms with E-state index in [0.29, 0.717) is 44.9 Å². The average molecular weight is 382 g/mol. The number of rotatable bonds is 9. The summed E-state index contributed by atoms with van der Waals surface area (Å²) >= 11 is 0. The Bertz CT molecular complexity index is 509. The first-order valence-corrected chi connectivity index (χ1v) is 10.1. The minimum atomic E-state index is -0.942. The van der Waals surface area contributed by atoms with Gasteiger partial charge in [0.15, 0.2) is 0 Å². The van der Waals surface area contributed by atoms with E-state index in [-0.39, 0.29) is 12.4 Å². The van der Waals surface area contributed by atoms with E-state index in [1.54, 1.807) is 0 Å². The summed E-state index contributed by atoms with van der Waals surface area (Å²) in [6.45, 7) is 0.169. The van der Waals surface area contributed by atoms with Gasteiger partial charge >= 0.3 is 17.9 Å². The molecule has 0 bridgehead atoms. The summed E-state index contributed by atoms with van der Waals surface area (Å²) in [5, 5.41) is 18.5. The molecule has 0 amide bonds. The van der Waals surface area contributed by atoms with Crippen molar-refractivity contribution in [2.75, 3.05) is 6.61 Å². The fraction of sp³-hybridized carbons (Fsp3) is 0.800. The number of aliphatic carboxylic acids is 2. The maximum atomic E-state index is 12.3. The maximum Gasteiger partial charge on any atom is 0.309 e. The van der Waals surface area contributed by atoms with Crippen molar-refractivity contribution in [2.45, 2.75) is 70.6 Å². The van der Waals surface area contributed by atoms with Gasteiger partial charge in [-0.2, -0.15) is 0 Å². The second kappa shape index (κ2) is 10.4. The molecule has 4 atom stereocenters. The quantitative estimate of drug-likeness (QED) is 0.465. The molecule has 0 aromatic rings. The van der Waals surface area contributed by atoms with Crippen molar-refractivity contribution >= 4 is 23.7 Å². The van der Waals surface area contributed by atoms with Crippen molar-refractivity contribution < 1.29 is 34.1 Å². The summed E-state index contributed by atoms with van der Waals surface area (Å²) in [5.41, 5.74) is 0. The maximum absolute atomic E-state index is 12.3. The van der Waals surface area contributed by atoms with Crippen LogP contribution in [0.2, 0.25) is 0 Å². The first kappa shape index (κ1) is 21.4. The fourth-order valence-corrected chi connectivity index (χ4v) is 4.39. The molecule has 0 unspecified atom stereocenters. The van der Waals surface area contributed by atoms with Crippen molar-refractivity contribution in [1.82, 2.24) is 0 Å². The van der Waals surface area contributed by atoms with Crippen LogP contribution in [0, 0.1) is 23.7 Å². The monoisotopic (exact) mass is 382 g/mol. The number of Topliss-reactive ketones (excluding diaryl/α,β-unsaturated/α-hetero) is 1. The second-order valence-electron chi connectivity index (χ2n) is 7.76. The lowest BCUT2D eigenvalue weighted by molar-refractivity contribution is -0.159. The molecule has 0 aromatic heterocycles. The van der Waals surface area contributed by atoms with Gasteiger partial charge in [-0.25, -0.2) is 0 Å². The van der Waals surface area contributed by atoms with Gasteiger partial charge in [-0.15, -0.1) is 0 Å². The zero-order chi connectivity index (χ0) is 19.8. The molecular weight excluding hydrogens is 352 g/mol. The van der Waals surface area contributed by atoms with E-state index in [0.717, 1.165) is 25.7 Å². The van der Waals surface area contributed by atoms with Crippen molar-refractivity contribution in [1.29, 1.82) is 0 Å². The summed E-state index contributed by atoms with van der Waals surface area (Å²) in [6.07, 6.45) is 7.03. The molecule has 2 aliphatic carbocycles. The Labute approximate surface area is 159 Å². The Morgan fingerprint density at radius 1 is 0.704 bits per heavy atom. The molecule has 2 fully saturated rings. The smallest absolute Gasteiger partial charge is 0.309 e. The molecule has 0 saturated heterocycles. The molecule has 2 rings (SSSR count). The van der Waals surface area contributed by atoms with Gasteiger partial charge in [0.05, 0.1) is 24.4 Å². The van der Waals surface area contributed by atoms with Crippen LogP contribution in [0.1, 0.15) is 70.6 Å². The number of esters is 1. The molecule has 0 heterocycles. The molecule has 27 heavy (non-hydrogen) atoms. The zero-order valence-electron chi connectivity index (χ0n) is 15.7. The molecule has 152 valence electrons. The topological polar surface area (TPSA) is 118 Å². The molecule has 0 aromatic carbocycles. The number of carboxylic acids is 2. The van der Waals surface area contributed by atoms with Crippen molar-refractivity contribution in [3.05, 3.63) is 0 Å². The van der Waals surface area contributed by atoms with Crippen molar-refractivity contribution in [3.63, 3.8) is 0 Å². The third-order valence-electron chi connectivity index (χ3n) is 5.94. The van der Waals surface area contributed by atoms with Crippen LogP contribution in [0.3, 0.4) is 0 Å². The fourth-order valence-electron chi connectivity index (χ4n) is 4.39. The number of carboxylic acid groups (broad SMARTS) is 2. The Kier molecular flexibility index (Phi) is 8.25. The van der Waals surface area contributed by atoms with Gasteiger partial charge < -0.3 is 14.9 Å². The highest BCUT2D eigenvalue weighted by atomic mass is 16.5. The Balaban J connectivity index is 1.69. The molecule has 2 saturated carbocycles. The normalized spacial score (nSPS) is 28.3. The van der Waals surface area contributed by atoms with Gasteiger partial charge in [0, 0.05) is 12.3 Å². The van der Waals surface area contributed by atoms with Gasteiger partial charge in [0.25, 0.3) is 0 Å². The molecular formula is C20H30O7. The van der Waals surface area contributed by atoms with Crippen molar-refractivity contribution in [2.24, 2.45) is 23.7 Å². The van der Waals surface area contributed by atoms with Crippen LogP contribution >= 0.6 is 0 Å². The van der Waals surface area contributed by atoms with Gasteiger partial charge in [0.2, 0.25) is 0 Å². The summed E-state index contributed by atoms with van der Waals surface area (Å²) in [7, 11) is 0. The summed E-state index contributed by atoms with van der Waals surface area (Å²) < 4.78 is 5.24. The highest BCUT2D eigenvalue weighted by Crippen LogP contribution is 2.33. The van der Waals surface area contributed by atoms with E-state index in [9.17, 15) is 29.4 Å². The highest BCUT2D eigenvalue weighted by Gasteiger charge is 2.37. The van der Waals surface area contributed by atoms with Crippen LogP contribution in [-0.4, -0.2) is 40.5 Å². The Morgan fingerprint density at radius 3 is 1.74 bits per heavy atom. The minimum Gasteiger partial charge on any atom is -0.481 e. The molecule has 7 nitrogen and oxygen atoms in total. The summed E-state index contributed by atoms with van der Waals surface area (Å²) in [4.78, 5) is 47.0. The number of ether oxygens (including phenoxy) is 1. The lowest BCUT2D eigenvalue weighted by Crippen LogP contribution is -2.34. The number of ketones is 1. The SMILES string of the molecule is O=C(O)[C@H]1CCCC[C@H]1C(=O)CCCCOC(=O)[C@@H]1CCCC[C@@H]1C(=O)O. The van der Waals surface area contributed by atoms with E-state index >= 15 is 0 Å². The van der Waals surface area contributed by atoms with E-state index < -0.39 is 41.6 Å². The molecule has 0 spiro atoms. The average Bonchev–Trinajstić information content (AvgIpc) is 2.67. The van der Waals surface area contributed by atoms with Crippen LogP contribution < -0.4 is 0 Å². The van der Waals surface area contributed by atoms with Gasteiger partial charge in [-0.1, -0.05) is 25.7 Å². The first-order chi connectivity index (χ1) is 12.9. The largest absolute Gasteiger partial charge is 0.481 e. The number of hydrogen-bond donors (Lipinski definition) is 2. The standard InChI is InChI=1S/C20H30O7/c21-17(13-7-1-2-8-14(13)18(22)23)11-5-6-12-27-20(26)16-10-4-3-9-15(16)19(24)25/h13-16H,1-12H2,(H,22,23)(H,24,25)/t13-,14+,15+,16-/m1/s1. The lowest BCUT2D eigenvalue weighted by Gasteiger charge is -2.27. The molecule has 2 N–H and O–H groups in total. The number of carbonyl (C=O) groups excluding carboxylic acids is 2.